The average molecular weight is 284 g/mol. The zero-order chi connectivity index (χ0) is 14.8. The van der Waals surface area contributed by atoms with E-state index in [1.165, 1.54) is 18.2 Å². The molecule has 19 heavy (non-hydrogen) atoms. The first-order valence-corrected chi connectivity index (χ1v) is 6.16. The maximum Gasteiger partial charge on any atom is 0.252 e. The van der Waals surface area contributed by atoms with Crippen molar-refractivity contribution in [1.82, 2.24) is 5.32 Å². The van der Waals surface area contributed by atoms with E-state index in [0.717, 1.165) is 0 Å². The van der Waals surface area contributed by atoms with Crippen molar-refractivity contribution in [3.8, 4) is 0 Å². The maximum atomic E-state index is 12.1. The number of anilines is 1. The molecule has 0 radical (unpaired) electrons. The summed E-state index contributed by atoms with van der Waals surface area (Å²) in [5, 5.41) is 2.90. The van der Waals surface area contributed by atoms with E-state index in [9.17, 15) is 9.59 Å². The molecule has 0 saturated heterocycles. The first kappa shape index (κ1) is 15.3. The molecule has 1 rings (SSSR count). The van der Waals surface area contributed by atoms with E-state index >= 15 is 0 Å². The summed E-state index contributed by atoms with van der Waals surface area (Å²) in [4.78, 5) is 23.4. The lowest BCUT2D eigenvalue weighted by molar-refractivity contribution is -0.122. The third-order valence-corrected chi connectivity index (χ3v) is 3.02. The molecule has 104 valence electrons. The molecule has 1 atom stereocenters. The number of hydrogen-bond donors (Lipinski definition) is 3. The molecule has 5 N–H and O–H groups in total. The summed E-state index contributed by atoms with van der Waals surface area (Å²) in [6.45, 7) is 5.45. The van der Waals surface area contributed by atoms with Crippen molar-refractivity contribution < 1.29 is 9.59 Å². The summed E-state index contributed by atoms with van der Waals surface area (Å²) < 4.78 is 0. The summed E-state index contributed by atoms with van der Waals surface area (Å²) in [7, 11) is 0. The average Bonchev–Trinajstić information content (AvgIpc) is 2.27. The van der Waals surface area contributed by atoms with Gasteiger partial charge in [0.1, 0.15) is 6.04 Å². The molecular weight excluding hydrogens is 266 g/mol. The minimum absolute atomic E-state index is 0.291. The van der Waals surface area contributed by atoms with E-state index in [2.05, 4.69) is 5.32 Å². The van der Waals surface area contributed by atoms with Gasteiger partial charge in [-0.05, 0) is 23.6 Å². The van der Waals surface area contributed by atoms with Crippen LogP contribution in [0.2, 0.25) is 5.02 Å². The molecule has 0 fully saturated rings. The van der Waals surface area contributed by atoms with E-state index in [1.54, 1.807) is 0 Å². The molecular formula is C13H18ClN3O2. The number of benzene rings is 1. The second-order valence-corrected chi connectivity index (χ2v) is 5.82. The number of amides is 2. The largest absolute Gasteiger partial charge is 0.398 e. The number of nitrogens with one attached hydrogen (secondary N) is 1. The Balaban J connectivity index is 2.94. The van der Waals surface area contributed by atoms with Crippen molar-refractivity contribution in [2.45, 2.75) is 26.8 Å². The van der Waals surface area contributed by atoms with Gasteiger partial charge in [-0.25, -0.2) is 0 Å². The molecule has 5 nitrogen and oxygen atoms in total. The van der Waals surface area contributed by atoms with E-state index in [-0.39, 0.29) is 0 Å². The van der Waals surface area contributed by atoms with Gasteiger partial charge in [0.25, 0.3) is 5.91 Å². The molecule has 0 aliphatic heterocycles. The minimum Gasteiger partial charge on any atom is -0.398 e. The van der Waals surface area contributed by atoms with Crippen LogP contribution in [0.4, 0.5) is 5.69 Å². The van der Waals surface area contributed by atoms with E-state index < -0.39 is 23.3 Å². The van der Waals surface area contributed by atoms with Gasteiger partial charge < -0.3 is 16.8 Å². The van der Waals surface area contributed by atoms with Crippen LogP contribution in [0.25, 0.3) is 0 Å². The Kier molecular flexibility index (Phi) is 4.42. The Morgan fingerprint density at radius 2 is 1.89 bits per heavy atom. The molecule has 0 aliphatic rings. The fourth-order valence-corrected chi connectivity index (χ4v) is 1.78. The van der Waals surface area contributed by atoms with E-state index in [4.69, 9.17) is 23.1 Å². The highest BCUT2D eigenvalue weighted by atomic mass is 35.5. The number of nitrogen functional groups attached to an aromatic ring is 1. The molecule has 2 amide bonds. The minimum atomic E-state index is -0.767. The molecule has 1 aromatic rings. The number of carbonyl (C=O) groups excluding carboxylic acids is 2. The zero-order valence-electron chi connectivity index (χ0n) is 11.2. The molecule has 1 aromatic carbocycles. The van der Waals surface area contributed by atoms with Crippen LogP contribution in [0.15, 0.2) is 18.2 Å². The summed E-state index contributed by atoms with van der Waals surface area (Å²) in [6, 6.07) is 3.76. The van der Waals surface area contributed by atoms with Crippen LogP contribution in [0.5, 0.6) is 0 Å². The lowest BCUT2D eigenvalue weighted by Gasteiger charge is -2.28. The van der Waals surface area contributed by atoms with Crippen LogP contribution in [0.3, 0.4) is 0 Å². The number of hydrogen-bond acceptors (Lipinski definition) is 3. The highest BCUT2D eigenvalue weighted by molar-refractivity contribution is 6.33. The van der Waals surface area contributed by atoms with Gasteiger partial charge in [0.05, 0.1) is 10.7 Å². The fraction of sp³-hybridized carbons (Fsp3) is 0.385. The van der Waals surface area contributed by atoms with Crippen LogP contribution >= 0.6 is 11.6 Å². The fourth-order valence-electron chi connectivity index (χ4n) is 1.60. The third-order valence-electron chi connectivity index (χ3n) is 2.69. The second kappa shape index (κ2) is 5.48. The maximum absolute atomic E-state index is 12.1. The zero-order valence-corrected chi connectivity index (χ0v) is 11.9. The van der Waals surface area contributed by atoms with Crippen LogP contribution in [-0.4, -0.2) is 17.9 Å². The Bertz CT molecular complexity index is 509. The summed E-state index contributed by atoms with van der Waals surface area (Å²) in [5.41, 5.74) is 11.1. The Morgan fingerprint density at radius 3 is 2.32 bits per heavy atom. The van der Waals surface area contributed by atoms with Crippen LogP contribution < -0.4 is 16.8 Å². The Labute approximate surface area is 117 Å². The van der Waals surface area contributed by atoms with Crippen molar-refractivity contribution in [3.63, 3.8) is 0 Å². The van der Waals surface area contributed by atoms with Crippen molar-refractivity contribution >= 4 is 29.1 Å². The number of halogens is 1. The van der Waals surface area contributed by atoms with Gasteiger partial charge in [0.2, 0.25) is 5.91 Å². The quantitative estimate of drug-likeness (QED) is 0.734. The SMILES string of the molecule is CC(C)(C)[C@H](NC(=O)c1ccc(N)c(Cl)c1)C(N)=O. The number of carbonyl (C=O) groups is 2. The van der Waals surface area contributed by atoms with Gasteiger partial charge in [0, 0.05) is 5.56 Å². The van der Waals surface area contributed by atoms with Gasteiger partial charge >= 0.3 is 0 Å². The van der Waals surface area contributed by atoms with Gasteiger partial charge in [-0.15, -0.1) is 0 Å². The molecule has 0 aromatic heterocycles. The summed E-state index contributed by atoms with van der Waals surface area (Å²) >= 11 is 5.85. The van der Waals surface area contributed by atoms with Crippen LogP contribution in [0.1, 0.15) is 31.1 Å². The lowest BCUT2D eigenvalue weighted by Crippen LogP contribution is -2.52. The van der Waals surface area contributed by atoms with Crippen LogP contribution in [-0.2, 0) is 4.79 Å². The highest BCUT2D eigenvalue weighted by Gasteiger charge is 2.31. The third kappa shape index (κ3) is 3.86. The van der Waals surface area contributed by atoms with E-state index in [0.29, 0.717) is 16.3 Å². The summed E-state index contributed by atoms with van der Waals surface area (Å²) in [6.07, 6.45) is 0. The lowest BCUT2D eigenvalue weighted by atomic mass is 9.86. The first-order valence-electron chi connectivity index (χ1n) is 5.78. The standard InChI is InChI=1S/C13H18ClN3O2/c1-13(2,3)10(11(16)18)17-12(19)7-4-5-9(15)8(14)6-7/h4-6,10H,15H2,1-3H3,(H2,16,18)(H,17,19)/t10-/m1/s1. The van der Waals surface area contributed by atoms with Crippen molar-refractivity contribution in [2.24, 2.45) is 11.1 Å². The second-order valence-electron chi connectivity index (χ2n) is 5.41. The van der Waals surface area contributed by atoms with Gasteiger partial charge in [0.15, 0.2) is 0 Å². The Hall–Kier alpha value is -1.75. The van der Waals surface area contributed by atoms with Crippen molar-refractivity contribution in [3.05, 3.63) is 28.8 Å². The van der Waals surface area contributed by atoms with Crippen molar-refractivity contribution in [2.75, 3.05) is 5.73 Å². The summed E-state index contributed by atoms with van der Waals surface area (Å²) in [5.74, 6) is -0.997. The predicted octanol–water partition coefficient (Wildman–Crippen LogP) is 1.55. The van der Waals surface area contributed by atoms with Crippen molar-refractivity contribution in [1.29, 1.82) is 0 Å². The molecule has 0 heterocycles. The normalized spacial score (nSPS) is 12.8. The molecule has 6 heteroatoms. The molecule has 0 unspecified atom stereocenters. The number of primary amides is 1. The first-order chi connectivity index (χ1) is 8.62. The number of rotatable bonds is 3. The Morgan fingerprint density at radius 1 is 1.32 bits per heavy atom. The molecule has 0 saturated carbocycles. The molecule has 0 bridgehead atoms. The monoisotopic (exact) mass is 283 g/mol. The molecule has 0 aliphatic carbocycles. The smallest absolute Gasteiger partial charge is 0.252 e. The predicted molar refractivity (Wildman–Crippen MR) is 75.8 cm³/mol. The van der Waals surface area contributed by atoms with Gasteiger partial charge in [-0.2, -0.15) is 0 Å². The van der Waals surface area contributed by atoms with Gasteiger partial charge in [-0.1, -0.05) is 32.4 Å². The highest BCUT2D eigenvalue weighted by Crippen LogP contribution is 2.22. The van der Waals surface area contributed by atoms with Gasteiger partial charge in [-0.3, -0.25) is 9.59 Å². The van der Waals surface area contributed by atoms with Crippen LogP contribution in [0, 0.1) is 5.41 Å². The number of nitrogens with two attached hydrogens (primary N) is 2. The molecule has 0 spiro atoms. The van der Waals surface area contributed by atoms with E-state index in [1.807, 2.05) is 20.8 Å². The topological polar surface area (TPSA) is 98.2 Å².